The number of rotatable bonds is 4. The van der Waals surface area contributed by atoms with E-state index in [1.54, 1.807) is 41.5 Å². The van der Waals surface area contributed by atoms with Gasteiger partial charge in [-0.3, -0.25) is 4.90 Å². The van der Waals surface area contributed by atoms with E-state index < -0.39 is 41.2 Å². The molecular weight excluding hydrogens is 318 g/mol. The second kappa shape index (κ2) is 7.29. The van der Waals surface area contributed by atoms with Gasteiger partial charge < -0.3 is 24.8 Å². The van der Waals surface area contributed by atoms with Gasteiger partial charge in [0.2, 0.25) is 0 Å². The van der Waals surface area contributed by atoms with Crippen molar-refractivity contribution in [1.29, 1.82) is 0 Å². The quantitative estimate of drug-likeness (QED) is 0.351. The van der Waals surface area contributed by atoms with Gasteiger partial charge in [-0.15, -0.1) is 0 Å². The molecule has 1 heterocycles. The highest BCUT2D eigenvalue weighted by Crippen LogP contribution is 2.31. The van der Waals surface area contributed by atoms with Crippen LogP contribution in [0.5, 0.6) is 0 Å². The number of amides is 1. The maximum absolute atomic E-state index is 12.5. The molecule has 1 fully saturated rings. The number of aliphatic hydroxyl groups is 1. The number of carbonyl (C=O) groups excluding carboxylic acids is 2. The maximum Gasteiger partial charge on any atom is 0.419 e. The molecule has 0 bridgehead atoms. The molecule has 0 spiro atoms. The Morgan fingerprint density at radius 1 is 1.46 bits per heavy atom. The van der Waals surface area contributed by atoms with Crippen LogP contribution in [0.15, 0.2) is 0 Å². The first-order chi connectivity index (χ1) is 10.9. The zero-order chi connectivity index (χ0) is 18.7. The molecule has 1 amide bonds. The van der Waals surface area contributed by atoms with Crippen LogP contribution in [0.4, 0.5) is 4.79 Å². The summed E-state index contributed by atoms with van der Waals surface area (Å²) in [6.07, 6.45) is -2.31. The lowest BCUT2D eigenvalue weighted by molar-refractivity contribution is -0.142. The molecule has 0 aromatic carbocycles. The van der Waals surface area contributed by atoms with Crippen molar-refractivity contribution < 1.29 is 33.7 Å². The van der Waals surface area contributed by atoms with Crippen LogP contribution in [-0.4, -0.2) is 69.3 Å². The third-order valence-corrected chi connectivity index (χ3v) is 3.35. The summed E-state index contributed by atoms with van der Waals surface area (Å²) in [5.74, 6) is -0.971. The van der Waals surface area contributed by atoms with E-state index in [0.29, 0.717) is 0 Å². The lowest BCUT2D eigenvalue weighted by atomic mass is 10.0. The fourth-order valence-electron chi connectivity index (χ4n) is 2.34. The second-order valence-corrected chi connectivity index (χ2v) is 6.83. The fourth-order valence-corrected chi connectivity index (χ4v) is 2.34. The summed E-state index contributed by atoms with van der Waals surface area (Å²) in [6, 6.07) is -0.967. The Morgan fingerprint density at radius 3 is 2.50 bits per heavy atom. The molecule has 24 heavy (non-hydrogen) atoms. The standard InChI is InChI=1S/C15H25N3O6/c1-7-22-12(20)10(17-16)11(19)9-8-23-15(5,6)18(9)13(21)24-14(2,3)4/h9,11,19H,7-8H2,1-6H3/t9-,11-/m0/s1. The fraction of sp³-hybridized carbons (Fsp3) is 0.800. The lowest BCUT2D eigenvalue weighted by Gasteiger charge is -2.35. The minimum Gasteiger partial charge on any atom is -0.457 e. The molecule has 0 radical (unpaired) electrons. The van der Waals surface area contributed by atoms with Crippen LogP contribution in [0, 0.1) is 0 Å². The van der Waals surface area contributed by atoms with Crippen LogP contribution in [-0.2, 0) is 19.0 Å². The molecule has 1 saturated heterocycles. The number of nitrogens with zero attached hydrogens (tertiary/aromatic N) is 3. The van der Waals surface area contributed by atoms with E-state index in [-0.39, 0.29) is 13.2 Å². The van der Waals surface area contributed by atoms with E-state index in [4.69, 9.17) is 19.7 Å². The first-order valence-electron chi connectivity index (χ1n) is 7.68. The average molecular weight is 343 g/mol. The van der Waals surface area contributed by atoms with Crippen molar-refractivity contribution in [1.82, 2.24) is 4.90 Å². The highest BCUT2D eigenvalue weighted by molar-refractivity contribution is 6.35. The summed E-state index contributed by atoms with van der Waals surface area (Å²) in [5, 5.41) is 10.4. The van der Waals surface area contributed by atoms with E-state index in [1.807, 2.05) is 0 Å². The maximum atomic E-state index is 12.5. The normalized spacial score (nSPS) is 21.0. The Labute approximate surface area is 141 Å². The first-order valence-corrected chi connectivity index (χ1v) is 7.68. The van der Waals surface area contributed by atoms with Crippen molar-refractivity contribution in [2.45, 2.75) is 65.0 Å². The highest BCUT2D eigenvalue weighted by Gasteiger charge is 2.52. The van der Waals surface area contributed by atoms with Crippen molar-refractivity contribution >= 4 is 17.8 Å². The molecule has 0 saturated carbocycles. The van der Waals surface area contributed by atoms with Crippen LogP contribution in [0.2, 0.25) is 0 Å². The topological polar surface area (TPSA) is 122 Å². The van der Waals surface area contributed by atoms with Crippen LogP contribution >= 0.6 is 0 Å². The molecule has 1 aliphatic heterocycles. The summed E-state index contributed by atoms with van der Waals surface area (Å²) < 4.78 is 15.6. The van der Waals surface area contributed by atoms with Gasteiger partial charge in [0.05, 0.1) is 19.3 Å². The molecule has 136 valence electrons. The van der Waals surface area contributed by atoms with Gasteiger partial charge in [-0.25, -0.2) is 9.59 Å². The second-order valence-electron chi connectivity index (χ2n) is 6.83. The number of hydrogen-bond acceptors (Lipinski definition) is 6. The molecule has 0 unspecified atom stereocenters. The van der Waals surface area contributed by atoms with Crippen LogP contribution in [0.25, 0.3) is 5.53 Å². The molecule has 1 N–H and O–H groups in total. The number of ether oxygens (including phenoxy) is 3. The van der Waals surface area contributed by atoms with E-state index in [0.717, 1.165) is 0 Å². The molecule has 1 rings (SSSR count). The Kier molecular flexibility index (Phi) is 6.10. The van der Waals surface area contributed by atoms with Crippen LogP contribution < -0.4 is 0 Å². The van der Waals surface area contributed by atoms with Crippen molar-refractivity contribution in [3.8, 4) is 0 Å². The van der Waals surface area contributed by atoms with Crippen molar-refractivity contribution in [2.75, 3.05) is 13.2 Å². The smallest absolute Gasteiger partial charge is 0.419 e. The van der Waals surface area contributed by atoms with Gasteiger partial charge in [-0.1, -0.05) is 0 Å². The summed E-state index contributed by atoms with van der Waals surface area (Å²) in [5.41, 5.74) is 6.63. The van der Waals surface area contributed by atoms with E-state index in [9.17, 15) is 14.7 Å². The third-order valence-electron chi connectivity index (χ3n) is 3.35. The Bertz CT molecular complexity index is 548. The third kappa shape index (κ3) is 4.53. The molecule has 2 atom stereocenters. The largest absolute Gasteiger partial charge is 0.457 e. The SMILES string of the molecule is CCOC(=O)C(=[N+]=[N-])[C@@H](O)[C@@H]1COC(C)(C)N1C(=O)OC(C)(C)C. The molecule has 1 aliphatic rings. The zero-order valence-corrected chi connectivity index (χ0v) is 14.9. The van der Waals surface area contributed by atoms with Gasteiger partial charge in [-0.05, 0) is 41.5 Å². The molecule has 0 aromatic heterocycles. The number of hydrogen-bond donors (Lipinski definition) is 1. The Balaban J connectivity index is 3.09. The predicted octanol–water partition coefficient (Wildman–Crippen LogP) is 0.953. The van der Waals surface area contributed by atoms with Gasteiger partial charge in [0.1, 0.15) is 11.3 Å². The van der Waals surface area contributed by atoms with Crippen molar-refractivity contribution in [3.05, 3.63) is 5.53 Å². The summed E-state index contributed by atoms with van der Waals surface area (Å²) in [7, 11) is 0. The average Bonchev–Trinajstić information content (AvgIpc) is 2.73. The Hall–Kier alpha value is -1.96. The molecule has 9 heteroatoms. The van der Waals surface area contributed by atoms with E-state index in [1.165, 1.54) is 4.90 Å². The summed E-state index contributed by atoms with van der Waals surface area (Å²) in [6.45, 7) is 9.94. The minimum atomic E-state index is -1.59. The van der Waals surface area contributed by atoms with Gasteiger partial charge in [0.25, 0.3) is 0 Å². The molecule has 0 aliphatic carbocycles. The number of aliphatic hydroxyl groups excluding tert-OH is 1. The molecule has 9 nitrogen and oxygen atoms in total. The van der Waals surface area contributed by atoms with Crippen molar-refractivity contribution in [2.24, 2.45) is 0 Å². The highest BCUT2D eigenvalue weighted by atomic mass is 16.6. The van der Waals surface area contributed by atoms with Gasteiger partial charge in [0, 0.05) is 0 Å². The number of esters is 1. The van der Waals surface area contributed by atoms with E-state index in [2.05, 4.69) is 4.79 Å². The van der Waals surface area contributed by atoms with Crippen molar-refractivity contribution in [3.63, 3.8) is 0 Å². The zero-order valence-electron chi connectivity index (χ0n) is 14.9. The summed E-state index contributed by atoms with van der Waals surface area (Å²) in [4.78, 5) is 28.3. The first kappa shape index (κ1) is 20.1. The molecule has 0 aromatic rings. The Morgan fingerprint density at radius 2 is 2.04 bits per heavy atom. The van der Waals surface area contributed by atoms with E-state index >= 15 is 0 Å². The molecular formula is C15H25N3O6. The van der Waals surface area contributed by atoms with Crippen LogP contribution in [0.1, 0.15) is 41.5 Å². The summed E-state index contributed by atoms with van der Waals surface area (Å²) >= 11 is 0. The number of carbonyl (C=O) groups is 2. The van der Waals surface area contributed by atoms with Gasteiger partial charge in [-0.2, -0.15) is 4.79 Å². The van der Waals surface area contributed by atoms with Gasteiger partial charge in [0.15, 0.2) is 6.10 Å². The van der Waals surface area contributed by atoms with Crippen LogP contribution in [0.3, 0.4) is 0 Å². The minimum absolute atomic E-state index is 0.0486. The predicted molar refractivity (Wildman–Crippen MR) is 83.2 cm³/mol. The monoisotopic (exact) mass is 343 g/mol. The van der Waals surface area contributed by atoms with Gasteiger partial charge >= 0.3 is 17.8 Å². The lowest BCUT2D eigenvalue weighted by Crippen LogP contribution is -2.56.